The molecule has 0 rings (SSSR count). The van der Waals surface area contributed by atoms with Crippen LogP contribution in [0.25, 0.3) is 0 Å². The number of unbranched alkanes of at least 4 members (excludes halogenated alkanes) is 1. The van der Waals surface area contributed by atoms with Gasteiger partial charge in [-0.2, -0.15) is 0 Å². The lowest BCUT2D eigenvalue weighted by Gasteiger charge is -2.11. The first-order chi connectivity index (χ1) is 5.81. The predicted molar refractivity (Wildman–Crippen MR) is 53.8 cm³/mol. The summed E-state index contributed by atoms with van der Waals surface area (Å²) in [6.07, 6.45) is 4.18. The Balaban J connectivity index is 3.32. The minimum Gasteiger partial charge on any atom is -0.320 e. The van der Waals surface area contributed by atoms with Crippen molar-refractivity contribution in [1.29, 1.82) is 0 Å². The molecule has 0 unspecified atom stereocenters. The van der Waals surface area contributed by atoms with Gasteiger partial charge in [-0.15, -0.1) is 6.58 Å². The van der Waals surface area contributed by atoms with Crippen LogP contribution in [-0.2, 0) is 0 Å². The van der Waals surface area contributed by atoms with Crippen LogP contribution >= 0.6 is 0 Å². The maximum atomic E-state index is 5.23. The zero-order valence-corrected chi connectivity index (χ0v) is 7.84. The first-order valence-corrected chi connectivity index (χ1v) is 4.26. The molecule has 0 radical (unpaired) electrons. The minimum atomic E-state index is 0.459. The average Bonchev–Trinajstić information content (AvgIpc) is 2.06. The molecule has 0 aromatic carbocycles. The van der Waals surface area contributed by atoms with Crippen LogP contribution in [-0.4, -0.2) is 31.6 Å². The smallest absolute Gasteiger partial charge is 0.0599 e. The lowest BCUT2D eigenvalue weighted by atomic mass is 10.3. The van der Waals surface area contributed by atoms with Gasteiger partial charge in [0.2, 0.25) is 0 Å². The van der Waals surface area contributed by atoms with E-state index in [0.717, 1.165) is 25.9 Å². The highest BCUT2D eigenvalue weighted by molar-refractivity contribution is 5.01. The molecule has 0 atom stereocenters. The lowest BCUT2D eigenvalue weighted by molar-refractivity contribution is 0.370. The van der Waals surface area contributed by atoms with Crippen molar-refractivity contribution in [3.63, 3.8) is 0 Å². The fourth-order valence-corrected chi connectivity index (χ4v) is 0.848. The molecule has 2 nitrogen and oxygen atoms in total. The van der Waals surface area contributed by atoms with Crippen LogP contribution in [0.2, 0.25) is 0 Å². The SMILES string of the molecule is C=CCCCN(C)CC#CCN. The fourth-order valence-electron chi connectivity index (χ4n) is 0.848. The molecular formula is C10H18N2. The van der Waals surface area contributed by atoms with Crippen molar-refractivity contribution in [2.75, 3.05) is 26.7 Å². The summed E-state index contributed by atoms with van der Waals surface area (Å²) < 4.78 is 0. The number of nitrogens with zero attached hydrogens (tertiary/aromatic N) is 1. The van der Waals surface area contributed by atoms with Gasteiger partial charge < -0.3 is 5.73 Å². The number of hydrogen-bond acceptors (Lipinski definition) is 2. The summed E-state index contributed by atoms with van der Waals surface area (Å²) in [4.78, 5) is 2.19. The van der Waals surface area contributed by atoms with E-state index < -0.39 is 0 Å². The second kappa shape index (κ2) is 8.32. The standard InChI is InChI=1S/C10H18N2/c1-3-4-6-9-12(2)10-7-5-8-11/h3H,1,4,6,8-11H2,2H3. The molecule has 12 heavy (non-hydrogen) atoms. The van der Waals surface area contributed by atoms with Gasteiger partial charge in [0.1, 0.15) is 0 Å². The number of allylic oxidation sites excluding steroid dienone is 1. The Kier molecular flexibility index (Phi) is 7.78. The second-order valence-electron chi connectivity index (χ2n) is 2.73. The summed E-state index contributed by atoms with van der Waals surface area (Å²) in [7, 11) is 2.06. The molecule has 0 aromatic rings. The molecule has 0 saturated heterocycles. The first kappa shape index (κ1) is 11.2. The van der Waals surface area contributed by atoms with E-state index in [4.69, 9.17) is 5.73 Å². The van der Waals surface area contributed by atoms with E-state index in [-0.39, 0.29) is 0 Å². The molecule has 0 bridgehead atoms. The molecule has 0 saturated carbocycles. The fraction of sp³-hybridized carbons (Fsp3) is 0.600. The summed E-state index contributed by atoms with van der Waals surface area (Å²) in [6, 6.07) is 0. The van der Waals surface area contributed by atoms with Gasteiger partial charge in [-0.3, -0.25) is 4.90 Å². The van der Waals surface area contributed by atoms with Crippen LogP contribution in [0.5, 0.6) is 0 Å². The zero-order valence-electron chi connectivity index (χ0n) is 7.84. The Morgan fingerprint density at radius 2 is 2.25 bits per heavy atom. The third-order valence-electron chi connectivity index (χ3n) is 1.52. The molecule has 0 spiro atoms. The Morgan fingerprint density at radius 1 is 1.50 bits per heavy atom. The van der Waals surface area contributed by atoms with Crippen LogP contribution in [0.15, 0.2) is 12.7 Å². The van der Waals surface area contributed by atoms with Gasteiger partial charge in [0.05, 0.1) is 13.1 Å². The van der Waals surface area contributed by atoms with Gasteiger partial charge in [0, 0.05) is 0 Å². The molecular weight excluding hydrogens is 148 g/mol. The second-order valence-corrected chi connectivity index (χ2v) is 2.73. The summed E-state index contributed by atoms with van der Waals surface area (Å²) in [5.41, 5.74) is 5.23. The zero-order chi connectivity index (χ0) is 9.23. The molecule has 0 aliphatic rings. The normalized spacial score (nSPS) is 9.25. The third kappa shape index (κ3) is 7.33. The van der Waals surface area contributed by atoms with Crippen LogP contribution in [0, 0.1) is 11.8 Å². The molecule has 0 aromatic heterocycles. The molecule has 2 heteroatoms. The summed E-state index contributed by atoms with van der Waals surface area (Å²) in [5.74, 6) is 5.82. The molecule has 68 valence electrons. The number of rotatable bonds is 5. The van der Waals surface area contributed by atoms with Crippen LogP contribution < -0.4 is 5.73 Å². The Labute approximate surface area is 75.4 Å². The Hall–Kier alpha value is -0.780. The van der Waals surface area contributed by atoms with E-state index in [1.165, 1.54) is 0 Å². The largest absolute Gasteiger partial charge is 0.320 e. The van der Waals surface area contributed by atoms with Gasteiger partial charge in [-0.25, -0.2) is 0 Å². The Bertz CT molecular complexity index is 164. The van der Waals surface area contributed by atoms with Crippen molar-refractivity contribution in [3.8, 4) is 11.8 Å². The third-order valence-corrected chi connectivity index (χ3v) is 1.52. The van der Waals surface area contributed by atoms with Crippen molar-refractivity contribution in [3.05, 3.63) is 12.7 Å². The van der Waals surface area contributed by atoms with E-state index in [9.17, 15) is 0 Å². The van der Waals surface area contributed by atoms with Crippen LogP contribution in [0.1, 0.15) is 12.8 Å². The number of nitrogens with two attached hydrogens (primary N) is 1. The van der Waals surface area contributed by atoms with E-state index in [0.29, 0.717) is 6.54 Å². The van der Waals surface area contributed by atoms with E-state index in [1.807, 2.05) is 6.08 Å². The molecule has 0 aliphatic carbocycles. The summed E-state index contributed by atoms with van der Waals surface area (Å²) in [6.45, 7) is 6.02. The quantitative estimate of drug-likeness (QED) is 0.373. The Morgan fingerprint density at radius 3 is 2.83 bits per heavy atom. The van der Waals surface area contributed by atoms with Crippen LogP contribution in [0.3, 0.4) is 0 Å². The highest BCUT2D eigenvalue weighted by atomic mass is 15.1. The topological polar surface area (TPSA) is 29.3 Å². The minimum absolute atomic E-state index is 0.459. The van der Waals surface area contributed by atoms with Gasteiger partial charge in [-0.05, 0) is 26.4 Å². The van der Waals surface area contributed by atoms with Gasteiger partial charge in [-0.1, -0.05) is 17.9 Å². The van der Waals surface area contributed by atoms with Crippen molar-refractivity contribution < 1.29 is 0 Å². The maximum absolute atomic E-state index is 5.23. The van der Waals surface area contributed by atoms with Gasteiger partial charge in [0.15, 0.2) is 0 Å². The monoisotopic (exact) mass is 166 g/mol. The summed E-state index contributed by atoms with van der Waals surface area (Å²) in [5, 5.41) is 0. The van der Waals surface area contributed by atoms with E-state index in [1.54, 1.807) is 0 Å². The highest BCUT2D eigenvalue weighted by Gasteiger charge is 1.92. The molecule has 0 amide bonds. The highest BCUT2D eigenvalue weighted by Crippen LogP contribution is 1.91. The molecule has 2 N–H and O–H groups in total. The molecule has 0 fully saturated rings. The molecule has 0 aliphatic heterocycles. The van der Waals surface area contributed by atoms with Crippen molar-refractivity contribution in [1.82, 2.24) is 4.90 Å². The average molecular weight is 166 g/mol. The van der Waals surface area contributed by atoms with Gasteiger partial charge in [0.25, 0.3) is 0 Å². The predicted octanol–water partition coefficient (Wildman–Crippen LogP) is 0.847. The van der Waals surface area contributed by atoms with Crippen molar-refractivity contribution in [2.24, 2.45) is 5.73 Å². The maximum Gasteiger partial charge on any atom is 0.0599 e. The van der Waals surface area contributed by atoms with E-state index >= 15 is 0 Å². The van der Waals surface area contributed by atoms with E-state index in [2.05, 4.69) is 30.4 Å². The first-order valence-electron chi connectivity index (χ1n) is 4.26. The molecule has 0 heterocycles. The van der Waals surface area contributed by atoms with Crippen molar-refractivity contribution >= 4 is 0 Å². The summed E-state index contributed by atoms with van der Waals surface area (Å²) >= 11 is 0. The van der Waals surface area contributed by atoms with Crippen LogP contribution in [0.4, 0.5) is 0 Å². The van der Waals surface area contributed by atoms with Crippen molar-refractivity contribution in [2.45, 2.75) is 12.8 Å². The van der Waals surface area contributed by atoms with Gasteiger partial charge >= 0.3 is 0 Å². The lowest BCUT2D eigenvalue weighted by Crippen LogP contribution is -2.19. The number of hydrogen-bond donors (Lipinski definition) is 1.